The Morgan fingerprint density at radius 3 is 2.48 bits per heavy atom. The summed E-state index contributed by atoms with van der Waals surface area (Å²) < 4.78 is 0. The van der Waals surface area contributed by atoms with Crippen molar-refractivity contribution in [3.8, 4) is 0 Å². The van der Waals surface area contributed by atoms with Gasteiger partial charge in [-0.2, -0.15) is 0 Å². The number of aromatic amines is 1. The molecule has 2 aliphatic rings. The average molecular weight is 442 g/mol. The third kappa shape index (κ3) is 5.06. The van der Waals surface area contributed by atoms with Crippen molar-refractivity contribution in [2.24, 2.45) is 0 Å². The number of benzene rings is 2. The first kappa shape index (κ1) is 22.0. The Kier molecular flexibility index (Phi) is 6.63. The highest BCUT2D eigenvalue weighted by Crippen LogP contribution is 2.33. The fraction of sp³-hybridized carbons (Fsp3) is 0.414. The van der Waals surface area contributed by atoms with Crippen LogP contribution in [0.5, 0.6) is 0 Å². The summed E-state index contributed by atoms with van der Waals surface area (Å²) in [6.07, 6.45) is 12.6. The van der Waals surface area contributed by atoms with Gasteiger partial charge in [0.15, 0.2) is 0 Å². The molecule has 172 valence electrons. The van der Waals surface area contributed by atoms with Crippen molar-refractivity contribution in [1.29, 1.82) is 0 Å². The number of carbonyl (C=O) groups is 1. The number of likely N-dealkylation sites (tertiary alicyclic amines) is 1. The lowest BCUT2D eigenvalue weighted by molar-refractivity contribution is -0.117. The minimum Gasteiger partial charge on any atom is -0.361 e. The number of hydrogen-bond acceptors (Lipinski definition) is 2. The fourth-order valence-corrected chi connectivity index (χ4v) is 5.85. The molecule has 33 heavy (non-hydrogen) atoms. The van der Waals surface area contributed by atoms with E-state index in [-0.39, 0.29) is 5.91 Å². The second-order valence-corrected chi connectivity index (χ2v) is 9.80. The maximum atomic E-state index is 12.5. The Labute approximate surface area is 197 Å². The van der Waals surface area contributed by atoms with E-state index in [2.05, 4.69) is 58.5 Å². The van der Waals surface area contributed by atoms with Crippen LogP contribution in [0.15, 0.2) is 60.8 Å². The number of amides is 1. The number of hydrogen-bond donors (Lipinski definition) is 2. The molecule has 0 spiro atoms. The Morgan fingerprint density at radius 1 is 0.970 bits per heavy atom. The van der Waals surface area contributed by atoms with Crippen molar-refractivity contribution in [2.45, 2.75) is 63.5 Å². The number of fused-ring (bicyclic) bond motifs is 1. The first-order chi connectivity index (χ1) is 16.2. The van der Waals surface area contributed by atoms with E-state index < -0.39 is 0 Å². The summed E-state index contributed by atoms with van der Waals surface area (Å²) in [7, 11) is 0. The zero-order chi connectivity index (χ0) is 22.6. The minimum absolute atomic E-state index is 0.0165. The first-order valence-corrected chi connectivity index (χ1v) is 12.5. The van der Waals surface area contributed by atoms with Gasteiger partial charge in [0.1, 0.15) is 0 Å². The summed E-state index contributed by atoms with van der Waals surface area (Å²) in [5.74, 6) is 0.727. The average Bonchev–Trinajstić information content (AvgIpc) is 3.27. The lowest BCUT2D eigenvalue weighted by Crippen LogP contribution is -2.46. The summed E-state index contributed by atoms with van der Waals surface area (Å²) >= 11 is 0. The molecular formula is C29H35N3O. The number of rotatable bonds is 5. The van der Waals surface area contributed by atoms with E-state index in [0.717, 1.165) is 29.3 Å². The number of nitrogens with zero attached hydrogens (tertiary/aromatic N) is 1. The summed E-state index contributed by atoms with van der Waals surface area (Å²) in [6.45, 7) is 4.65. The molecule has 2 fully saturated rings. The molecule has 2 aromatic carbocycles. The second kappa shape index (κ2) is 9.96. The van der Waals surface area contributed by atoms with Crippen LogP contribution in [-0.2, 0) is 4.79 Å². The van der Waals surface area contributed by atoms with Crippen molar-refractivity contribution in [3.63, 3.8) is 0 Å². The Morgan fingerprint density at radius 2 is 1.70 bits per heavy atom. The molecule has 0 atom stereocenters. The van der Waals surface area contributed by atoms with Crippen LogP contribution >= 0.6 is 0 Å². The van der Waals surface area contributed by atoms with Gasteiger partial charge in [-0.25, -0.2) is 0 Å². The van der Waals surface area contributed by atoms with E-state index in [9.17, 15) is 4.79 Å². The zero-order valence-electron chi connectivity index (χ0n) is 19.6. The number of carbonyl (C=O) groups excluding carboxylic acids is 1. The Bertz CT molecular complexity index is 1110. The Hall–Kier alpha value is -2.85. The highest BCUT2D eigenvalue weighted by Gasteiger charge is 2.30. The van der Waals surface area contributed by atoms with Crippen LogP contribution in [0.1, 0.15) is 61.1 Å². The highest BCUT2D eigenvalue weighted by atomic mass is 16.1. The van der Waals surface area contributed by atoms with Gasteiger partial charge in [0.25, 0.3) is 0 Å². The third-order valence-electron chi connectivity index (χ3n) is 7.75. The maximum absolute atomic E-state index is 12.5. The lowest BCUT2D eigenvalue weighted by Gasteiger charge is -2.41. The summed E-state index contributed by atoms with van der Waals surface area (Å²) in [6, 6.07) is 18.0. The van der Waals surface area contributed by atoms with Crippen molar-refractivity contribution < 1.29 is 4.79 Å². The summed E-state index contributed by atoms with van der Waals surface area (Å²) in [5.41, 5.74) is 5.13. The normalized spacial score (nSPS) is 22.7. The van der Waals surface area contributed by atoms with Crippen LogP contribution in [0, 0.1) is 6.92 Å². The molecule has 4 nitrogen and oxygen atoms in total. The van der Waals surface area contributed by atoms with E-state index in [4.69, 9.17) is 0 Å². The first-order valence-electron chi connectivity index (χ1n) is 12.5. The van der Waals surface area contributed by atoms with Crippen LogP contribution in [-0.4, -0.2) is 41.0 Å². The van der Waals surface area contributed by atoms with Gasteiger partial charge in [0, 0.05) is 35.3 Å². The predicted octanol–water partition coefficient (Wildman–Crippen LogP) is 5.80. The van der Waals surface area contributed by atoms with Crippen molar-refractivity contribution in [1.82, 2.24) is 15.2 Å². The van der Waals surface area contributed by atoms with Gasteiger partial charge < -0.3 is 15.2 Å². The zero-order valence-corrected chi connectivity index (χ0v) is 19.6. The molecule has 1 aliphatic carbocycles. The van der Waals surface area contributed by atoms with Crippen molar-refractivity contribution in [3.05, 3.63) is 77.5 Å². The number of aromatic nitrogens is 1. The molecule has 1 saturated heterocycles. The molecule has 1 amide bonds. The Balaban J connectivity index is 1.08. The van der Waals surface area contributed by atoms with Crippen LogP contribution in [0.3, 0.4) is 0 Å². The van der Waals surface area contributed by atoms with E-state index in [0.29, 0.717) is 18.0 Å². The molecule has 0 radical (unpaired) electrons. The molecule has 2 N–H and O–H groups in total. The quantitative estimate of drug-likeness (QED) is 0.492. The van der Waals surface area contributed by atoms with E-state index in [1.807, 2.05) is 24.4 Å². The molecule has 2 heterocycles. The highest BCUT2D eigenvalue weighted by molar-refractivity contribution is 5.96. The topological polar surface area (TPSA) is 48.1 Å². The third-order valence-corrected chi connectivity index (χ3v) is 7.75. The minimum atomic E-state index is 0.0165. The van der Waals surface area contributed by atoms with Gasteiger partial charge in [-0.1, -0.05) is 42.5 Å². The van der Waals surface area contributed by atoms with Crippen molar-refractivity contribution in [2.75, 3.05) is 13.1 Å². The second-order valence-electron chi connectivity index (χ2n) is 9.80. The van der Waals surface area contributed by atoms with Gasteiger partial charge in [0.2, 0.25) is 5.91 Å². The van der Waals surface area contributed by atoms with E-state index in [1.54, 1.807) is 11.6 Å². The lowest BCUT2D eigenvalue weighted by atomic mass is 9.84. The van der Waals surface area contributed by atoms with Gasteiger partial charge in [0.05, 0.1) is 0 Å². The molecule has 0 unspecified atom stereocenters. The SMILES string of the molecule is Cc1ccccc1C1CCN(C2CCC(NC(=O)/C=C/c3c[nH]c4ccccc34)CC2)CC1. The molecule has 3 aromatic rings. The van der Waals surface area contributed by atoms with Crippen molar-refractivity contribution >= 4 is 22.9 Å². The van der Waals surface area contributed by atoms with Gasteiger partial charge in [-0.05, 0) is 93.3 Å². The fourth-order valence-electron chi connectivity index (χ4n) is 5.85. The standard InChI is InChI=1S/C29H35N3O/c1-21-6-2-3-7-26(21)22-16-18-32(19-17-22)25-13-11-24(12-14-25)31-29(33)15-10-23-20-30-28-9-5-4-8-27(23)28/h2-10,15,20,22,24-25,30H,11-14,16-19H2,1H3,(H,31,33)/b15-10+. The molecule has 5 rings (SSSR count). The molecule has 1 aliphatic heterocycles. The van der Waals surface area contributed by atoms with Crippen LogP contribution in [0.4, 0.5) is 0 Å². The van der Waals surface area contributed by atoms with Crippen LogP contribution < -0.4 is 5.32 Å². The molecule has 4 heteroatoms. The van der Waals surface area contributed by atoms with Gasteiger partial charge >= 0.3 is 0 Å². The van der Waals surface area contributed by atoms with Gasteiger partial charge in [-0.15, -0.1) is 0 Å². The van der Waals surface area contributed by atoms with Crippen LogP contribution in [0.25, 0.3) is 17.0 Å². The molecular weight excluding hydrogens is 406 g/mol. The van der Waals surface area contributed by atoms with Crippen LogP contribution in [0.2, 0.25) is 0 Å². The number of H-pyrrole nitrogens is 1. The predicted molar refractivity (Wildman–Crippen MR) is 136 cm³/mol. The molecule has 0 bridgehead atoms. The number of piperidine rings is 1. The van der Waals surface area contributed by atoms with Gasteiger partial charge in [-0.3, -0.25) is 4.79 Å². The van der Waals surface area contributed by atoms with E-state index >= 15 is 0 Å². The maximum Gasteiger partial charge on any atom is 0.244 e. The smallest absolute Gasteiger partial charge is 0.244 e. The largest absolute Gasteiger partial charge is 0.361 e. The summed E-state index contributed by atoms with van der Waals surface area (Å²) in [5, 5.41) is 4.38. The number of nitrogens with one attached hydrogen (secondary N) is 2. The number of aryl methyl sites for hydroxylation is 1. The molecule has 1 aromatic heterocycles. The monoisotopic (exact) mass is 441 g/mol. The molecule has 1 saturated carbocycles. The summed E-state index contributed by atoms with van der Waals surface area (Å²) in [4.78, 5) is 18.5. The van der Waals surface area contributed by atoms with E-state index in [1.165, 1.54) is 44.3 Å². The number of para-hydroxylation sites is 1.